The number of hydrogen-bond donors (Lipinski definition) is 3. The number of rotatable bonds is 7. The second kappa shape index (κ2) is 17.5. The highest BCUT2D eigenvalue weighted by Gasteiger charge is 2.46. The first-order chi connectivity index (χ1) is 26.4. The Labute approximate surface area is 321 Å². The molecule has 6 rings (SSSR count). The van der Waals surface area contributed by atoms with Gasteiger partial charge in [-0.2, -0.15) is 0 Å². The Morgan fingerprint density at radius 3 is 2.24 bits per heavy atom. The van der Waals surface area contributed by atoms with Crippen molar-refractivity contribution in [1.82, 2.24) is 30.7 Å². The fraction of sp³-hybridized carbons (Fsp3) is 0.537. The lowest BCUT2D eigenvalue weighted by Gasteiger charge is -2.39. The van der Waals surface area contributed by atoms with Gasteiger partial charge in [0.15, 0.2) is 0 Å². The standard InChI is InChI=1S/C41H52N6O8/c1-25-14-16-29(17-15-25)22-35(48)43-30(21-28-10-5-4-6-11-28)36(49)44-31-24-55-41(54)34-20-26(2)23-47(34)38(51)27(3)42-37(50)32-12-7-8-18-45(32)40(53)33-13-9-19-46(33)39(31)52/h4-6,10-11,14-17,26-27,30-34H,7-9,12-13,18-24H2,1-3H3,(H,42,50)(H,43,48)(H,44,49)/t26-,27-,30-,31-,32?,33?,34?/m0/s1. The predicted molar refractivity (Wildman–Crippen MR) is 201 cm³/mol. The van der Waals surface area contributed by atoms with Crippen LogP contribution < -0.4 is 16.0 Å². The molecule has 6 amide bonds. The molecule has 2 aromatic carbocycles. The van der Waals surface area contributed by atoms with Crippen molar-refractivity contribution in [2.24, 2.45) is 5.92 Å². The fourth-order valence-electron chi connectivity index (χ4n) is 8.18. The van der Waals surface area contributed by atoms with Gasteiger partial charge in [-0.25, -0.2) is 4.79 Å². The van der Waals surface area contributed by atoms with Crippen LogP contribution >= 0.6 is 0 Å². The Kier molecular flexibility index (Phi) is 12.5. The molecular formula is C41H52N6O8. The Morgan fingerprint density at radius 1 is 0.800 bits per heavy atom. The summed E-state index contributed by atoms with van der Waals surface area (Å²) in [7, 11) is 0. The zero-order chi connectivity index (χ0) is 39.2. The number of piperidine rings is 1. The van der Waals surface area contributed by atoms with Crippen LogP contribution in [0.2, 0.25) is 0 Å². The predicted octanol–water partition coefficient (Wildman–Crippen LogP) is 1.42. The molecule has 7 atom stereocenters. The second-order valence-electron chi connectivity index (χ2n) is 15.5. The van der Waals surface area contributed by atoms with Crippen molar-refractivity contribution in [2.75, 3.05) is 26.2 Å². The zero-order valence-electron chi connectivity index (χ0n) is 31.8. The first-order valence-electron chi connectivity index (χ1n) is 19.5. The third-order valence-electron chi connectivity index (χ3n) is 11.1. The summed E-state index contributed by atoms with van der Waals surface area (Å²) in [4.78, 5) is 102. The third-order valence-corrected chi connectivity index (χ3v) is 11.1. The van der Waals surface area contributed by atoms with Crippen LogP contribution in [-0.2, 0) is 51.1 Å². The third kappa shape index (κ3) is 9.34. The minimum Gasteiger partial charge on any atom is -0.461 e. The highest BCUT2D eigenvalue weighted by atomic mass is 16.5. The number of nitrogens with zero attached hydrogens (tertiary/aromatic N) is 3. The first kappa shape index (κ1) is 39.4. The van der Waals surface area contributed by atoms with Crippen molar-refractivity contribution in [3.8, 4) is 0 Å². The average Bonchev–Trinajstić information content (AvgIpc) is 3.83. The van der Waals surface area contributed by atoms with Crippen LogP contribution in [0, 0.1) is 12.8 Å². The highest BCUT2D eigenvalue weighted by molar-refractivity contribution is 5.98. The van der Waals surface area contributed by atoms with E-state index in [2.05, 4.69) is 16.0 Å². The maximum Gasteiger partial charge on any atom is 0.328 e. The van der Waals surface area contributed by atoms with Crippen LogP contribution in [0.4, 0.5) is 0 Å². The van der Waals surface area contributed by atoms with E-state index in [4.69, 9.17) is 4.74 Å². The summed E-state index contributed by atoms with van der Waals surface area (Å²) >= 11 is 0. The van der Waals surface area contributed by atoms with Gasteiger partial charge in [0.25, 0.3) is 0 Å². The molecule has 0 spiro atoms. The van der Waals surface area contributed by atoms with Crippen LogP contribution in [0.1, 0.15) is 69.1 Å². The molecule has 4 aliphatic heterocycles. The molecule has 294 valence electrons. The molecule has 3 unspecified atom stereocenters. The van der Waals surface area contributed by atoms with E-state index in [0.717, 1.165) is 23.1 Å². The Hall–Kier alpha value is -5.27. The molecule has 4 aliphatic rings. The Balaban J connectivity index is 1.29. The molecule has 4 heterocycles. The lowest BCUT2D eigenvalue weighted by Crippen LogP contribution is -2.62. The SMILES string of the molecule is Cc1ccc(CC(=O)N[C@@H](Cc2ccccc2)C(=O)N[C@H]2COC(=O)C3C[C@H](C)CN3C(=O)[C@H](C)NC(=O)C3CCCCN3C(=O)C3CCCN3C2=O)cc1. The molecule has 4 fully saturated rings. The smallest absolute Gasteiger partial charge is 0.328 e. The minimum atomic E-state index is -1.41. The van der Waals surface area contributed by atoms with Crippen molar-refractivity contribution in [2.45, 2.75) is 108 Å². The molecule has 4 saturated heterocycles. The number of carbonyl (C=O) groups is 7. The summed E-state index contributed by atoms with van der Waals surface area (Å²) in [5, 5.41) is 8.41. The number of hydrogen-bond acceptors (Lipinski definition) is 8. The van der Waals surface area contributed by atoms with E-state index >= 15 is 0 Å². The molecule has 14 heteroatoms. The van der Waals surface area contributed by atoms with Gasteiger partial charge in [-0.3, -0.25) is 28.8 Å². The normalized spacial score (nSPS) is 27.0. The zero-order valence-corrected chi connectivity index (χ0v) is 31.8. The van der Waals surface area contributed by atoms with Gasteiger partial charge in [0.05, 0.1) is 6.42 Å². The van der Waals surface area contributed by atoms with E-state index in [-0.39, 0.29) is 37.8 Å². The fourth-order valence-corrected chi connectivity index (χ4v) is 8.18. The molecule has 3 N–H and O–H groups in total. The summed E-state index contributed by atoms with van der Waals surface area (Å²) in [5.74, 6) is -3.74. The maximum absolute atomic E-state index is 14.5. The van der Waals surface area contributed by atoms with Gasteiger partial charge < -0.3 is 35.4 Å². The molecule has 55 heavy (non-hydrogen) atoms. The van der Waals surface area contributed by atoms with Crippen LogP contribution in [-0.4, -0.2) is 119 Å². The summed E-state index contributed by atoms with van der Waals surface area (Å²) in [6.45, 7) is 5.69. The molecule has 0 bridgehead atoms. The van der Waals surface area contributed by atoms with Crippen LogP contribution in [0.5, 0.6) is 0 Å². The number of amides is 6. The topological polar surface area (TPSA) is 175 Å². The van der Waals surface area contributed by atoms with Crippen molar-refractivity contribution >= 4 is 41.4 Å². The van der Waals surface area contributed by atoms with E-state index < -0.39 is 78.4 Å². The van der Waals surface area contributed by atoms with Gasteiger partial charge in [0.1, 0.15) is 42.9 Å². The van der Waals surface area contributed by atoms with E-state index in [0.29, 0.717) is 38.6 Å². The summed E-state index contributed by atoms with van der Waals surface area (Å²) in [6.07, 6.45) is 3.14. The van der Waals surface area contributed by atoms with E-state index in [1.807, 2.05) is 68.4 Å². The van der Waals surface area contributed by atoms with Gasteiger partial charge >= 0.3 is 5.97 Å². The number of ether oxygens (including phenoxy) is 1. The number of esters is 1. The number of carbonyl (C=O) groups excluding carboxylic acids is 7. The van der Waals surface area contributed by atoms with Crippen molar-refractivity contribution in [3.05, 3.63) is 71.3 Å². The maximum atomic E-state index is 14.5. The van der Waals surface area contributed by atoms with E-state index in [9.17, 15) is 33.6 Å². The van der Waals surface area contributed by atoms with Gasteiger partial charge in [-0.05, 0) is 69.4 Å². The number of aryl methyl sites for hydroxylation is 1. The quantitative estimate of drug-likeness (QED) is 0.356. The lowest BCUT2D eigenvalue weighted by molar-refractivity contribution is -0.158. The Morgan fingerprint density at radius 2 is 1.49 bits per heavy atom. The van der Waals surface area contributed by atoms with E-state index in [1.165, 1.54) is 14.7 Å². The van der Waals surface area contributed by atoms with Gasteiger partial charge in [0.2, 0.25) is 35.4 Å². The largest absolute Gasteiger partial charge is 0.461 e. The molecule has 0 aromatic heterocycles. The number of nitrogens with one attached hydrogen (secondary N) is 3. The number of cyclic esters (lactones) is 1. The summed E-state index contributed by atoms with van der Waals surface area (Å²) in [6, 6.07) is 10.5. The van der Waals surface area contributed by atoms with Gasteiger partial charge in [0, 0.05) is 26.1 Å². The van der Waals surface area contributed by atoms with E-state index in [1.54, 1.807) is 6.92 Å². The molecule has 14 nitrogen and oxygen atoms in total. The summed E-state index contributed by atoms with van der Waals surface area (Å²) in [5.41, 5.74) is 2.58. The number of benzene rings is 2. The average molecular weight is 757 g/mol. The molecule has 0 aliphatic carbocycles. The lowest BCUT2D eigenvalue weighted by atomic mass is 9.99. The van der Waals surface area contributed by atoms with Crippen LogP contribution in [0.3, 0.4) is 0 Å². The minimum absolute atomic E-state index is 0.0273. The van der Waals surface area contributed by atoms with Crippen molar-refractivity contribution in [1.29, 1.82) is 0 Å². The first-order valence-corrected chi connectivity index (χ1v) is 19.5. The summed E-state index contributed by atoms with van der Waals surface area (Å²) < 4.78 is 5.76. The second-order valence-corrected chi connectivity index (χ2v) is 15.5. The van der Waals surface area contributed by atoms with Gasteiger partial charge in [-0.1, -0.05) is 67.1 Å². The van der Waals surface area contributed by atoms with Crippen molar-refractivity contribution in [3.63, 3.8) is 0 Å². The molecule has 2 aromatic rings. The molecule has 0 saturated carbocycles. The monoisotopic (exact) mass is 756 g/mol. The van der Waals surface area contributed by atoms with Gasteiger partial charge in [-0.15, -0.1) is 0 Å². The Bertz CT molecular complexity index is 1770. The van der Waals surface area contributed by atoms with Crippen LogP contribution in [0.15, 0.2) is 54.6 Å². The molecular weight excluding hydrogens is 704 g/mol. The molecule has 0 radical (unpaired) electrons. The van der Waals surface area contributed by atoms with Crippen LogP contribution in [0.25, 0.3) is 0 Å². The highest BCUT2D eigenvalue weighted by Crippen LogP contribution is 2.28. The van der Waals surface area contributed by atoms with Crippen molar-refractivity contribution < 1.29 is 38.3 Å². The number of fused-ring (bicyclic) bond motifs is 3.